The van der Waals surface area contributed by atoms with E-state index in [0.717, 1.165) is 5.69 Å². The topological polar surface area (TPSA) is 18.8 Å². The van der Waals surface area contributed by atoms with Gasteiger partial charge in [0.05, 0.1) is 5.69 Å². The van der Waals surface area contributed by atoms with Gasteiger partial charge in [0.1, 0.15) is 0 Å². The molecule has 0 N–H and O–H groups in total. The monoisotopic (exact) mass is 363 g/mol. The molecule has 0 fully saturated rings. The Balaban J connectivity index is 1.88. The van der Waals surface area contributed by atoms with Crippen molar-refractivity contribution >= 4 is 23.3 Å². The zero-order chi connectivity index (χ0) is 19.8. The Morgan fingerprint density at radius 2 is 1.78 bits per heavy atom. The first-order valence-corrected chi connectivity index (χ1v) is 9.94. The zero-order valence-electron chi connectivity index (χ0n) is 17.8. The van der Waals surface area contributed by atoms with Gasteiger partial charge >= 0.3 is 0 Å². The Labute approximate surface area is 164 Å². The lowest BCUT2D eigenvalue weighted by atomic mass is 9.79. The number of hydrogen-bond donors (Lipinski definition) is 0. The van der Waals surface area contributed by atoms with Gasteiger partial charge in [0.15, 0.2) is 0 Å². The molecule has 3 nitrogen and oxygen atoms in total. The number of hydrogen-bond acceptors (Lipinski definition) is 3. The summed E-state index contributed by atoms with van der Waals surface area (Å²) in [6.07, 6.45) is 3.15. The van der Waals surface area contributed by atoms with Gasteiger partial charge < -0.3 is 9.80 Å². The highest BCUT2D eigenvalue weighted by Gasteiger charge is 2.37. The highest BCUT2D eigenvalue weighted by atomic mass is 15.2. The molecule has 0 radical (unpaired) electrons. The zero-order valence-corrected chi connectivity index (χ0v) is 17.8. The van der Waals surface area contributed by atoms with Crippen LogP contribution in [0.5, 0.6) is 0 Å². The molecule has 3 rings (SSSR count). The summed E-state index contributed by atoms with van der Waals surface area (Å²) in [5, 5.41) is 0. The van der Waals surface area contributed by atoms with E-state index >= 15 is 0 Å². The maximum Gasteiger partial charge on any atom is 0.0631 e. The summed E-state index contributed by atoms with van der Waals surface area (Å²) < 4.78 is 0. The van der Waals surface area contributed by atoms with Crippen LogP contribution < -0.4 is 9.80 Å². The Morgan fingerprint density at radius 3 is 2.37 bits per heavy atom. The second kappa shape index (κ2) is 7.38. The van der Waals surface area contributed by atoms with E-state index in [2.05, 4.69) is 91.9 Å². The van der Waals surface area contributed by atoms with Crippen molar-refractivity contribution in [3.8, 4) is 0 Å². The fraction of sp³-hybridized carbons (Fsp3) is 0.458. The van der Waals surface area contributed by atoms with E-state index in [9.17, 15) is 0 Å². The van der Waals surface area contributed by atoms with Crippen LogP contribution in [0, 0.1) is 0 Å². The van der Waals surface area contributed by atoms with Crippen molar-refractivity contribution in [2.75, 3.05) is 23.9 Å². The van der Waals surface area contributed by atoms with Crippen LogP contribution in [0.2, 0.25) is 0 Å². The average Bonchev–Trinajstić information content (AvgIpc) is 2.59. The summed E-state index contributed by atoms with van der Waals surface area (Å²) in [6, 6.07) is 15.6. The highest BCUT2D eigenvalue weighted by molar-refractivity contribution is 5.84. The smallest absolute Gasteiger partial charge is 0.0631 e. The summed E-state index contributed by atoms with van der Waals surface area (Å²) in [7, 11) is 4.10. The third kappa shape index (κ3) is 4.02. The Morgan fingerprint density at radius 1 is 1.11 bits per heavy atom. The van der Waals surface area contributed by atoms with Crippen molar-refractivity contribution in [3.63, 3.8) is 0 Å². The van der Waals surface area contributed by atoms with Crippen molar-refractivity contribution in [2.24, 2.45) is 4.99 Å². The van der Waals surface area contributed by atoms with E-state index in [4.69, 9.17) is 0 Å². The minimum atomic E-state index is 0.185. The van der Waals surface area contributed by atoms with Crippen molar-refractivity contribution in [1.29, 1.82) is 0 Å². The van der Waals surface area contributed by atoms with Crippen molar-refractivity contribution < 1.29 is 0 Å². The lowest BCUT2D eigenvalue weighted by molar-refractivity contribution is 0.356. The first-order chi connectivity index (χ1) is 12.7. The van der Waals surface area contributed by atoms with Crippen LogP contribution in [0.3, 0.4) is 0 Å². The maximum absolute atomic E-state index is 4.68. The molecule has 0 aliphatic carbocycles. The molecule has 1 atom stereocenters. The average molecular weight is 364 g/mol. The summed E-state index contributed by atoms with van der Waals surface area (Å²) in [4.78, 5) is 9.35. The van der Waals surface area contributed by atoms with Gasteiger partial charge in [0.2, 0.25) is 0 Å². The van der Waals surface area contributed by atoms with Gasteiger partial charge in [0.25, 0.3) is 0 Å². The lowest BCUT2D eigenvalue weighted by Gasteiger charge is -2.50. The first kappa shape index (κ1) is 19.5. The van der Waals surface area contributed by atoms with Crippen molar-refractivity contribution in [1.82, 2.24) is 0 Å². The molecule has 3 heteroatoms. The number of anilines is 2. The SMILES string of the molecule is CC(C)N1c2ccc(C=Nc3ccc(N(C)C)cc3)cc2[C@@H](C)CC1(C)C. The second-order valence-electron chi connectivity index (χ2n) is 8.87. The van der Waals surface area contributed by atoms with E-state index in [-0.39, 0.29) is 5.54 Å². The van der Waals surface area contributed by atoms with Crippen molar-refractivity contribution in [2.45, 2.75) is 58.5 Å². The fourth-order valence-corrected chi connectivity index (χ4v) is 4.51. The summed E-state index contributed by atoms with van der Waals surface area (Å²) in [5.74, 6) is 0.553. The van der Waals surface area contributed by atoms with Crippen LogP contribution in [0.4, 0.5) is 17.1 Å². The number of rotatable bonds is 4. The van der Waals surface area contributed by atoms with Crippen LogP contribution in [-0.2, 0) is 0 Å². The number of nitrogens with zero attached hydrogens (tertiary/aromatic N) is 3. The van der Waals surface area contributed by atoms with E-state index in [1.54, 1.807) is 0 Å². The maximum atomic E-state index is 4.68. The molecule has 0 aromatic heterocycles. The van der Waals surface area contributed by atoms with Gasteiger partial charge in [-0.1, -0.05) is 13.0 Å². The molecule has 0 saturated heterocycles. The van der Waals surface area contributed by atoms with Gasteiger partial charge in [-0.25, -0.2) is 0 Å². The largest absolute Gasteiger partial charge is 0.378 e. The van der Waals surface area contributed by atoms with Gasteiger partial charge in [-0.2, -0.15) is 0 Å². The summed E-state index contributed by atoms with van der Waals surface area (Å²) in [6.45, 7) is 11.6. The summed E-state index contributed by atoms with van der Waals surface area (Å²) >= 11 is 0. The summed E-state index contributed by atoms with van der Waals surface area (Å²) in [5.41, 5.74) is 6.34. The second-order valence-corrected chi connectivity index (χ2v) is 8.87. The fourth-order valence-electron chi connectivity index (χ4n) is 4.51. The van der Waals surface area contributed by atoms with Gasteiger partial charge in [-0.15, -0.1) is 0 Å². The molecule has 0 spiro atoms. The molecule has 0 saturated carbocycles. The molecule has 2 aromatic rings. The molecule has 27 heavy (non-hydrogen) atoms. The van der Waals surface area contributed by atoms with Gasteiger partial charge in [0, 0.05) is 43.3 Å². The number of benzene rings is 2. The van der Waals surface area contributed by atoms with Crippen LogP contribution in [0.15, 0.2) is 47.5 Å². The predicted molar refractivity (Wildman–Crippen MR) is 119 cm³/mol. The van der Waals surface area contributed by atoms with Gasteiger partial charge in [-0.05, 0) is 87.6 Å². The molecule has 1 aliphatic heterocycles. The van der Waals surface area contributed by atoms with E-state index < -0.39 is 0 Å². The molecular formula is C24H33N3. The minimum Gasteiger partial charge on any atom is -0.378 e. The van der Waals surface area contributed by atoms with Crippen LogP contribution in [0.1, 0.15) is 58.1 Å². The Hall–Kier alpha value is -2.29. The molecule has 1 aliphatic rings. The van der Waals surface area contributed by atoms with E-state index in [1.165, 1.54) is 28.9 Å². The molecule has 0 amide bonds. The molecule has 1 heterocycles. The predicted octanol–water partition coefficient (Wildman–Crippen LogP) is 6.00. The number of aliphatic imine (C=N–C) groups is 1. The molecule has 0 bridgehead atoms. The highest BCUT2D eigenvalue weighted by Crippen LogP contribution is 2.44. The molecular weight excluding hydrogens is 330 g/mol. The van der Waals surface area contributed by atoms with Crippen LogP contribution >= 0.6 is 0 Å². The third-order valence-electron chi connectivity index (χ3n) is 5.55. The normalized spacial score (nSPS) is 18.8. The van der Waals surface area contributed by atoms with E-state index in [0.29, 0.717) is 12.0 Å². The first-order valence-electron chi connectivity index (χ1n) is 9.94. The molecule has 144 valence electrons. The third-order valence-corrected chi connectivity index (χ3v) is 5.55. The Kier molecular flexibility index (Phi) is 5.32. The number of fused-ring (bicyclic) bond motifs is 1. The standard InChI is InChI=1S/C24H33N3/c1-17(2)27-23-13-8-19(14-22(23)18(3)15-24(27,4)5)16-25-20-9-11-21(12-10-20)26(6)7/h8-14,16-18H,15H2,1-7H3/t18-/m0/s1. The molecule has 0 unspecified atom stereocenters. The van der Waals surface area contributed by atoms with Crippen molar-refractivity contribution in [3.05, 3.63) is 53.6 Å². The molecule has 2 aromatic carbocycles. The van der Waals surface area contributed by atoms with Crippen LogP contribution in [-0.4, -0.2) is 31.9 Å². The lowest BCUT2D eigenvalue weighted by Crippen LogP contribution is -2.51. The van der Waals surface area contributed by atoms with E-state index in [1.807, 2.05) is 20.3 Å². The van der Waals surface area contributed by atoms with Crippen LogP contribution in [0.25, 0.3) is 0 Å². The quantitative estimate of drug-likeness (QED) is 0.620. The van der Waals surface area contributed by atoms with Gasteiger partial charge in [-0.3, -0.25) is 4.99 Å². The minimum absolute atomic E-state index is 0.185. The Bertz CT molecular complexity index is 816.